The van der Waals surface area contributed by atoms with Crippen LogP contribution in [0.15, 0.2) is 33.6 Å². The highest BCUT2D eigenvalue weighted by atomic mass is 79.9. The zero-order valence-corrected chi connectivity index (χ0v) is 21.2. The molecule has 0 bridgehead atoms. The van der Waals surface area contributed by atoms with Gasteiger partial charge in [-0.3, -0.25) is 4.72 Å². The van der Waals surface area contributed by atoms with E-state index in [1.165, 1.54) is 0 Å². The van der Waals surface area contributed by atoms with E-state index < -0.39 is 21.8 Å². The molecule has 172 valence electrons. The summed E-state index contributed by atoms with van der Waals surface area (Å²) in [7, 11) is -4.15. The topological polar surface area (TPSA) is 46.2 Å². The molecule has 0 fully saturated rings. The van der Waals surface area contributed by atoms with Crippen LogP contribution in [0.2, 0.25) is 0 Å². The van der Waals surface area contributed by atoms with Crippen molar-refractivity contribution in [2.45, 2.75) is 77.3 Å². The fourth-order valence-corrected chi connectivity index (χ4v) is 5.62. The number of sulfonamides is 1. The van der Waals surface area contributed by atoms with E-state index in [4.69, 9.17) is 0 Å². The SMILES string of the molecule is Cc1c(Br)cc(C(F)(F)F)cc1NS(=O)(=O)c1c(C(C)C)cc(C(C)C)cc1C(C)C. The minimum absolute atomic E-state index is 0.0860. The third-order valence-corrected chi connectivity index (χ3v) is 7.59. The van der Waals surface area contributed by atoms with Gasteiger partial charge in [0.05, 0.1) is 16.1 Å². The van der Waals surface area contributed by atoms with Crippen LogP contribution < -0.4 is 4.72 Å². The van der Waals surface area contributed by atoms with E-state index in [-0.39, 0.29) is 32.8 Å². The van der Waals surface area contributed by atoms with E-state index >= 15 is 0 Å². The third-order valence-electron chi connectivity index (χ3n) is 5.26. The van der Waals surface area contributed by atoms with E-state index in [0.29, 0.717) is 16.7 Å². The van der Waals surface area contributed by atoms with Gasteiger partial charge in [-0.1, -0.05) is 69.6 Å². The van der Waals surface area contributed by atoms with Crippen LogP contribution in [-0.4, -0.2) is 8.42 Å². The largest absolute Gasteiger partial charge is 0.416 e. The first-order chi connectivity index (χ1) is 14.1. The van der Waals surface area contributed by atoms with E-state index in [9.17, 15) is 21.6 Å². The molecule has 2 aromatic carbocycles. The molecule has 8 heteroatoms. The van der Waals surface area contributed by atoms with Gasteiger partial charge in [-0.15, -0.1) is 0 Å². The summed E-state index contributed by atoms with van der Waals surface area (Å²) >= 11 is 3.12. The van der Waals surface area contributed by atoms with Gasteiger partial charge in [-0.05, 0) is 59.1 Å². The molecule has 0 saturated heterocycles. The summed E-state index contributed by atoms with van der Waals surface area (Å²) in [6.45, 7) is 13.3. The Bertz CT molecular complexity index is 1050. The van der Waals surface area contributed by atoms with E-state index in [1.807, 2.05) is 53.7 Å². The van der Waals surface area contributed by atoms with Crippen LogP contribution in [0.5, 0.6) is 0 Å². The van der Waals surface area contributed by atoms with Crippen molar-refractivity contribution in [1.29, 1.82) is 0 Å². The molecule has 1 N–H and O–H groups in total. The second kappa shape index (κ2) is 9.14. The molecule has 0 atom stereocenters. The molecule has 0 aromatic heterocycles. The van der Waals surface area contributed by atoms with Crippen LogP contribution in [-0.2, 0) is 16.2 Å². The Balaban J connectivity index is 2.76. The van der Waals surface area contributed by atoms with Gasteiger partial charge in [-0.25, -0.2) is 8.42 Å². The number of hydrogen-bond acceptors (Lipinski definition) is 2. The molecule has 0 aliphatic rings. The maximum absolute atomic E-state index is 13.6. The number of benzene rings is 2. The molecule has 0 saturated carbocycles. The number of alkyl halides is 3. The van der Waals surface area contributed by atoms with E-state index in [2.05, 4.69) is 20.7 Å². The average molecular weight is 520 g/mol. The summed E-state index contributed by atoms with van der Waals surface area (Å²) in [4.78, 5) is 0.148. The van der Waals surface area contributed by atoms with Crippen molar-refractivity contribution in [1.82, 2.24) is 0 Å². The Hall–Kier alpha value is -1.54. The van der Waals surface area contributed by atoms with Crippen molar-refractivity contribution in [2.24, 2.45) is 0 Å². The van der Waals surface area contributed by atoms with Crippen LogP contribution in [0.3, 0.4) is 0 Å². The standard InChI is InChI=1S/C23H29BrF3NO2S/c1-12(2)16-8-18(13(3)4)22(19(9-16)14(5)6)31(29,30)28-21-11-17(23(25,26)27)10-20(24)15(21)7/h8-14,28H,1-7H3. The van der Waals surface area contributed by atoms with Gasteiger partial charge in [0.1, 0.15) is 0 Å². The highest BCUT2D eigenvalue weighted by Crippen LogP contribution is 2.39. The minimum atomic E-state index is -4.60. The van der Waals surface area contributed by atoms with Gasteiger partial charge >= 0.3 is 6.18 Å². The molecule has 2 aromatic rings. The number of rotatable bonds is 6. The van der Waals surface area contributed by atoms with Gasteiger partial charge in [0.15, 0.2) is 0 Å². The normalized spacial score (nSPS) is 12.8. The van der Waals surface area contributed by atoms with Gasteiger partial charge in [0.25, 0.3) is 10.0 Å². The Labute approximate surface area is 191 Å². The smallest absolute Gasteiger partial charge is 0.279 e. The number of halogens is 4. The lowest BCUT2D eigenvalue weighted by Gasteiger charge is -2.24. The van der Waals surface area contributed by atoms with Gasteiger partial charge in [0.2, 0.25) is 0 Å². The predicted octanol–water partition coefficient (Wildman–Crippen LogP) is 7.95. The summed E-state index contributed by atoms with van der Waals surface area (Å²) in [6.07, 6.45) is -4.60. The molecule has 0 aliphatic carbocycles. The maximum Gasteiger partial charge on any atom is 0.416 e. The highest BCUT2D eigenvalue weighted by molar-refractivity contribution is 9.10. The van der Waals surface area contributed by atoms with Gasteiger partial charge in [0, 0.05) is 4.47 Å². The van der Waals surface area contributed by atoms with Crippen molar-refractivity contribution in [3.05, 3.63) is 56.6 Å². The zero-order valence-electron chi connectivity index (χ0n) is 18.8. The monoisotopic (exact) mass is 519 g/mol. The molecule has 0 amide bonds. The quantitative estimate of drug-likeness (QED) is 0.420. The maximum atomic E-state index is 13.6. The van der Waals surface area contributed by atoms with E-state index in [1.54, 1.807) is 6.92 Å². The minimum Gasteiger partial charge on any atom is -0.279 e. The van der Waals surface area contributed by atoms with Gasteiger partial charge in [-0.2, -0.15) is 13.2 Å². The lowest BCUT2D eigenvalue weighted by Crippen LogP contribution is -2.20. The van der Waals surface area contributed by atoms with Crippen LogP contribution >= 0.6 is 15.9 Å². The Morgan fingerprint density at radius 2 is 1.35 bits per heavy atom. The first-order valence-electron chi connectivity index (χ1n) is 10.1. The molecule has 31 heavy (non-hydrogen) atoms. The van der Waals surface area contributed by atoms with Crippen molar-refractivity contribution < 1.29 is 21.6 Å². The van der Waals surface area contributed by atoms with Crippen molar-refractivity contribution in [3.63, 3.8) is 0 Å². The van der Waals surface area contributed by atoms with Crippen LogP contribution in [0.25, 0.3) is 0 Å². The third kappa shape index (κ3) is 5.64. The highest BCUT2D eigenvalue weighted by Gasteiger charge is 2.33. The van der Waals surface area contributed by atoms with Crippen molar-refractivity contribution >= 4 is 31.6 Å². The van der Waals surface area contributed by atoms with Crippen molar-refractivity contribution in [3.8, 4) is 0 Å². The first-order valence-corrected chi connectivity index (χ1v) is 12.4. The predicted molar refractivity (Wildman–Crippen MR) is 123 cm³/mol. The lowest BCUT2D eigenvalue weighted by atomic mass is 9.89. The average Bonchev–Trinajstić information content (AvgIpc) is 2.62. The second-order valence-corrected chi connectivity index (χ2v) is 11.2. The number of anilines is 1. The molecule has 0 radical (unpaired) electrons. The first kappa shape index (κ1) is 25.7. The fourth-order valence-electron chi connectivity index (χ4n) is 3.34. The van der Waals surface area contributed by atoms with E-state index in [0.717, 1.165) is 17.7 Å². The molecular weight excluding hydrogens is 491 g/mol. The Morgan fingerprint density at radius 1 is 0.871 bits per heavy atom. The molecular formula is C23H29BrF3NO2S. The fraction of sp³-hybridized carbons (Fsp3) is 0.478. The van der Waals surface area contributed by atoms with Crippen LogP contribution in [0, 0.1) is 6.92 Å². The summed E-state index contributed by atoms with van der Waals surface area (Å²) in [5, 5.41) is 0. The summed E-state index contributed by atoms with van der Waals surface area (Å²) < 4.78 is 69.6. The molecule has 3 nitrogen and oxygen atoms in total. The van der Waals surface area contributed by atoms with Crippen LogP contribution in [0.1, 0.15) is 87.1 Å². The Morgan fingerprint density at radius 3 is 1.74 bits per heavy atom. The van der Waals surface area contributed by atoms with Crippen molar-refractivity contribution in [2.75, 3.05) is 4.72 Å². The Kier molecular flexibility index (Phi) is 7.58. The lowest BCUT2D eigenvalue weighted by molar-refractivity contribution is -0.137. The summed E-state index contributed by atoms with van der Waals surface area (Å²) in [5.41, 5.74) is 1.71. The van der Waals surface area contributed by atoms with Gasteiger partial charge < -0.3 is 0 Å². The summed E-state index contributed by atoms with van der Waals surface area (Å²) in [5.74, 6) is 0.0376. The molecule has 0 heterocycles. The molecule has 2 rings (SSSR count). The van der Waals surface area contributed by atoms with Crippen LogP contribution in [0.4, 0.5) is 18.9 Å². The molecule has 0 aliphatic heterocycles. The zero-order chi connectivity index (χ0) is 23.9. The molecule has 0 unspecified atom stereocenters. The second-order valence-electron chi connectivity index (χ2n) is 8.73. The molecule has 0 spiro atoms. The number of nitrogens with one attached hydrogen (secondary N) is 1. The summed E-state index contributed by atoms with van der Waals surface area (Å²) in [6, 6.07) is 5.57. The number of hydrogen-bond donors (Lipinski definition) is 1.